The van der Waals surface area contributed by atoms with Crippen LogP contribution in [0.3, 0.4) is 0 Å². The van der Waals surface area contributed by atoms with Crippen molar-refractivity contribution in [1.82, 2.24) is 19.5 Å². The van der Waals surface area contributed by atoms with E-state index in [0.29, 0.717) is 16.7 Å². The number of rotatable bonds is 6. The van der Waals surface area contributed by atoms with Crippen LogP contribution in [0.15, 0.2) is 40.5 Å². The highest BCUT2D eigenvalue weighted by atomic mass is 32.2. The Balaban J connectivity index is 1.61. The standard InChI is InChI=1S/C15H17N5O2S/c1-2-6-20-7-5-16-15(20)23-9-13(21)17-10-3-4-11-12(8-10)19-14(22)18-11/h3-5,7-8H,2,6,9H2,1H3,(H,17,21)(H2,18,19,22). The van der Waals surface area contributed by atoms with Crippen LogP contribution in [0.4, 0.5) is 5.69 Å². The number of H-pyrrole nitrogens is 2. The molecule has 3 aromatic rings. The number of aromatic nitrogens is 4. The smallest absolute Gasteiger partial charge is 0.323 e. The molecule has 0 unspecified atom stereocenters. The summed E-state index contributed by atoms with van der Waals surface area (Å²) in [6, 6.07) is 5.24. The second-order valence-electron chi connectivity index (χ2n) is 5.08. The lowest BCUT2D eigenvalue weighted by molar-refractivity contribution is -0.113. The van der Waals surface area contributed by atoms with Gasteiger partial charge in [-0.1, -0.05) is 18.7 Å². The normalized spacial score (nSPS) is 11.0. The van der Waals surface area contributed by atoms with Crippen LogP contribution in [0, 0.1) is 0 Å². The van der Waals surface area contributed by atoms with Gasteiger partial charge in [0.15, 0.2) is 5.16 Å². The molecule has 0 radical (unpaired) electrons. The molecule has 0 aliphatic heterocycles. The minimum atomic E-state index is -0.262. The van der Waals surface area contributed by atoms with Crippen LogP contribution >= 0.6 is 11.8 Å². The molecule has 0 fully saturated rings. The maximum atomic E-state index is 12.1. The van der Waals surface area contributed by atoms with Crippen molar-refractivity contribution in [1.29, 1.82) is 0 Å². The fraction of sp³-hybridized carbons (Fsp3) is 0.267. The number of hydrogen-bond donors (Lipinski definition) is 3. The van der Waals surface area contributed by atoms with Gasteiger partial charge >= 0.3 is 5.69 Å². The Hall–Kier alpha value is -2.48. The number of carbonyl (C=O) groups excluding carboxylic acids is 1. The largest absolute Gasteiger partial charge is 0.326 e. The van der Waals surface area contributed by atoms with Gasteiger partial charge < -0.3 is 19.9 Å². The van der Waals surface area contributed by atoms with Gasteiger partial charge in [-0.25, -0.2) is 9.78 Å². The summed E-state index contributed by atoms with van der Waals surface area (Å²) >= 11 is 1.40. The number of fused-ring (bicyclic) bond motifs is 1. The summed E-state index contributed by atoms with van der Waals surface area (Å²) in [7, 11) is 0. The molecule has 0 aliphatic rings. The van der Waals surface area contributed by atoms with Crippen LogP contribution in [-0.4, -0.2) is 31.2 Å². The molecule has 0 saturated heterocycles. The summed E-state index contributed by atoms with van der Waals surface area (Å²) in [5.74, 6) is 0.167. The first kappa shape index (κ1) is 15.4. The first-order valence-electron chi connectivity index (χ1n) is 7.31. The van der Waals surface area contributed by atoms with Crippen LogP contribution < -0.4 is 11.0 Å². The maximum absolute atomic E-state index is 12.1. The number of amides is 1. The van der Waals surface area contributed by atoms with Crippen LogP contribution in [0.5, 0.6) is 0 Å². The van der Waals surface area contributed by atoms with Gasteiger partial charge in [0.05, 0.1) is 16.8 Å². The third-order valence-corrected chi connectivity index (χ3v) is 4.28. The predicted molar refractivity (Wildman–Crippen MR) is 90.8 cm³/mol. The molecule has 0 aliphatic carbocycles. The van der Waals surface area contributed by atoms with E-state index in [1.165, 1.54) is 11.8 Å². The molecular weight excluding hydrogens is 314 g/mol. The number of anilines is 1. The molecule has 1 aromatic carbocycles. The summed E-state index contributed by atoms with van der Waals surface area (Å²) in [5.41, 5.74) is 1.76. The number of aromatic amines is 2. The van der Waals surface area contributed by atoms with Gasteiger partial charge in [-0.05, 0) is 24.6 Å². The van der Waals surface area contributed by atoms with Crippen molar-refractivity contribution < 1.29 is 4.79 Å². The predicted octanol–water partition coefficient (Wildman–Crippen LogP) is 2.19. The van der Waals surface area contributed by atoms with Gasteiger partial charge in [0.1, 0.15) is 0 Å². The molecule has 23 heavy (non-hydrogen) atoms. The molecule has 3 rings (SSSR count). The monoisotopic (exact) mass is 331 g/mol. The molecule has 0 atom stereocenters. The van der Waals surface area contributed by atoms with E-state index in [0.717, 1.165) is 18.1 Å². The lowest BCUT2D eigenvalue weighted by Gasteiger charge is -2.07. The van der Waals surface area contributed by atoms with Gasteiger partial charge in [0.25, 0.3) is 0 Å². The van der Waals surface area contributed by atoms with Gasteiger partial charge in [-0.2, -0.15) is 0 Å². The molecule has 2 aromatic heterocycles. The van der Waals surface area contributed by atoms with Gasteiger partial charge in [0, 0.05) is 24.6 Å². The number of aryl methyl sites for hydroxylation is 1. The van der Waals surface area contributed by atoms with Crippen LogP contribution in [0.25, 0.3) is 11.0 Å². The van der Waals surface area contributed by atoms with E-state index in [9.17, 15) is 9.59 Å². The number of hydrogen-bond acceptors (Lipinski definition) is 4. The second kappa shape index (κ2) is 6.74. The highest BCUT2D eigenvalue weighted by Crippen LogP contribution is 2.18. The first-order chi connectivity index (χ1) is 11.2. The Morgan fingerprint density at radius 3 is 3.00 bits per heavy atom. The summed E-state index contributed by atoms with van der Waals surface area (Å²) in [5, 5.41) is 3.66. The number of nitrogens with one attached hydrogen (secondary N) is 3. The average Bonchev–Trinajstić information content (AvgIpc) is 3.10. The quantitative estimate of drug-likeness (QED) is 0.603. The number of carbonyl (C=O) groups is 1. The molecule has 2 heterocycles. The average molecular weight is 331 g/mol. The second-order valence-corrected chi connectivity index (χ2v) is 6.02. The van der Waals surface area contributed by atoms with Gasteiger partial charge in [-0.3, -0.25) is 4.79 Å². The highest BCUT2D eigenvalue weighted by molar-refractivity contribution is 7.99. The van der Waals surface area contributed by atoms with Crippen LogP contribution in [0.2, 0.25) is 0 Å². The van der Waals surface area contributed by atoms with E-state index in [-0.39, 0.29) is 17.3 Å². The molecule has 8 heteroatoms. The maximum Gasteiger partial charge on any atom is 0.323 e. The molecule has 7 nitrogen and oxygen atoms in total. The Labute approximate surface area is 136 Å². The number of benzene rings is 1. The van der Waals surface area contributed by atoms with Gasteiger partial charge in [0.2, 0.25) is 5.91 Å². The molecule has 1 amide bonds. The van der Waals surface area contributed by atoms with Crippen molar-refractivity contribution >= 4 is 34.4 Å². The molecule has 3 N–H and O–H groups in total. The molecular formula is C15H17N5O2S. The Morgan fingerprint density at radius 1 is 1.35 bits per heavy atom. The summed E-state index contributed by atoms with van der Waals surface area (Å²) in [4.78, 5) is 32.9. The van der Waals surface area contributed by atoms with E-state index >= 15 is 0 Å². The van der Waals surface area contributed by atoms with Crippen molar-refractivity contribution in [2.45, 2.75) is 25.0 Å². The molecule has 120 valence electrons. The van der Waals surface area contributed by atoms with Crippen molar-refractivity contribution in [3.8, 4) is 0 Å². The highest BCUT2D eigenvalue weighted by Gasteiger charge is 2.08. The van der Waals surface area contributed by atoms with E-state index in [1.807, 2.05) is 10.8 Å². The zero-order valence-corrected chi connectivity index (χ0v) is 13.4. The number of imidazole rings is 2. The van der Waals surface area contributed by atoms with E-state index in [4.69, 9.17) is 0 Å². The topological polar surface area (TPSA) is 95.6 Å². The van der Waals surface area contributed by atoms with Crippen LogP contribution in [0.1, 0.15) is 13.3 Å². The fourth-order valence-corrected chi connectivity index (χ4v) is 3.07. The van der Waals surface area contributed by atoms with Gasteiger partial charge in [-0.15, -0.1) is 0 Å². The summed E-state index contributed by atoms with van der Waals surface area (Å²) in [6.07, 6.45) is 4.68. The fourth-order valence-electron chi connectivity index (χ4n) is 2.28. The molecule has 0 saturated carbocycles. The zero-order valence-electron chi connectivity index (χ0n) is 12.6. The SMILES string of the molecule is CCCn1ccnc1SCC(=O)Nc1ccc2[nH]c(=O)[nH]c2c1. The van der Waals surface area contributed by atoms with Crippen LogP contribution in [-0.2, 0) is 11.3 Å². The molecule has 0 spiro atoms. The van der Waals surface area contributed by atoms with Crippen molar-refractivity contribution in [3.63, 3.8) is 0 Å². The Morgan fingerprint density at radius 2 is 2.17 bits per heavy atom. The minimum Gasteiger partial charge on any atom is -0.326 e. The minimum absolute atomic E-state index is 0.113. The lowest BCUT2D eigenvalue weighted by Crippen LogP contribution is -2.14. The Kier molecular flexibility index (Phi) is 4.52. The summed E-state index contributed by atoms with van der Waals surface area (Å²) < 4.78 is 2.04. The first-order valence-corrected chi connectivity index (χ1v) is 8.30. The van der Waals surface area contributed by atoms with Crippen molar-refractivity contribution in [2.24, 2.45) is 0 Å². The van der Waals surface area contributed by atoms with E-state index in [2.05, 4.69) is 27.2 Å². The lowest BCUT2D eigenvalue weighted by atomic mass is 10.3. The van der Waals surface area contributed by atoms with Crippen molar-refractivity contribution in [2.75, 3.05) is 11.1 Å². The van der Waals surface area contributed by atoms with Crippen molar-refractivity contribution in [3.05, 3.63) is 41.1 Å². The number of nitrogens with zero attached hydrogens (tertiary/aromatic N) is 2. The third-order valence-electron chi connectivity index (χ3n) is 3.27. The zero-order chi connectivity index (χ0) is 16.2. The third kappa shape index (κ3) is 3.65. The molecule has 0 bridgehead atoms. The Bertz CT molecular complexity index is 879. The number of thioether (sulfide) groups is 1. The summed E-state index contributed by atoms with van der Waals surface area (Å²) in [6.45, 7) is 2.99. The van der Waals surface area contributed by atoms with E-state index in [1.54, 1.807) is 24.4 Å². The van der Waals surface area contributed by atoms with E-state index < -0.39 is 0 Å².